The maximum absolute atomic E-state index is 13.1. The molecule has 2 aliphatic heterocycles. The number of fused-ring (bicyclic) bond motifs is 1. The number of amides is 1. The number of carbonyl (C=O) groups is 1. The number of piperidine rings is 1. The molecule has 2 aromatic heterocycles. The lowest BCUT2D eigenvalue weighted by Crippen LogP contribution is -2.63. The number of nitrogens with one attached hydrogen (secondary N) is 2. The zero-order chi connectivity index (χ0) is 23.0. The second-order valence-corrected chi connectivity index (χ2v) is 9.31. The van der Waals surface area contributed by atoms with E-state index in [-0.39, 0.29) is 11.3 Å². The monoisotopic (exact) mass is 447 g/mol. The number of likely N-dealkylation sites (tertiary alicyclic amines) is 1. The highest BCUT2D eigenvalue weighted by molar-refractivity contribution is 5.99. The van der Waals surface area contributed by atoms with E-state index in [1.165, 1.54) is 12.8 Å². The van der Waals surface area contributed by atoms with E-state index in [9.17, 15) is 4.79 Å². The zero-order valence-corrected chi connectivity index (χ0v) is 18.8. The highest BCUT2D eigenvalue weighted by Crippen LogP contribution is 2.37. The lowest BCUT2D eigenvalue weighted by molar-refractivity contribution is -0.00721. The van der Waals surface area contributed by atoms with Gasteiger partial charge in [0, 0.05) is 54.0 Å². The fourth-order valence-electron chi connectivity index (χ4n) is 5.12. The smallest absolute Gasteiger partial charge is 0.253 e. The lowest BCUT2D eigenvalue weighted by Gasteiger charge is -2.52. The topological polar surface area (TPSA) is 73.9 Å². The van der Waals surface area contributed by atoms with Gasteiger partial charge in [-0.15, -0.1) is 0 Å². The van der Waals surface area contributed by atoms with Gasteiger partial charge in [-0.3, -0.25) is 14.9 Å². The molecule has 6 heteroatoms. The molecule has 6 rings (SSSR count). The van der Waals surface area contributed by atoms with Crippen LogP contribution in [0.3, 0.4) is 0 Å². The van der Waals surface area contributed by atoms with E-state index in [0.717, 1.165) is 53.8 Å². The first-order valence-electron chi connectivity index (χ1n) is 11.7. The van der Waals surface area contributed by atoms with Crippen LogP contribution in [0.25, 0.3) is 22.0 Å². The summed E-state index contributed by atoms with van der Waals surface area (Å²) in [4.78, 5) is 19.4. The molecule has 1 spiro atoms. The van der Waals surface area contributed by atoms with Gasteiger partial charge in [0.1, 0.15) is 5.69 Å². The first-order valence-corrected chi connectivity index (χ1v) is 11.7. The number of hydrogen-bond acceptors (Lipinski definition) is 4. The molecule has 0 aliphatic carbocycles. The van der Waals surface area contributed by atoms with Crippen molar-refractivity contribution < 1.29 is 4.79 Å². The molecule has 4 heterocycles. The molecule has 0 atom stereocenters. The maximum atomic E-state index is 13.1. The Bertz CT molecular complexity index is 1420. The second-order valence-electron chi connectivity index (χ2n) is 9.31. The van der Waals surface area contributed by atoms with Crippen LogP contribution in [0.5, 0.6) is 0 Å². The Hall–Kier alpha value is -3.95. The zero-order valence-electron chi connectivity index (χ0n) is 18.8. The Kier molecular flexibility index (Phi) is 5.12. The molecular weight excluding hydrogens is 422 g/mol. The van der Waals surface area contributed by atoms with Crippen molar-refractivity contribution in [1.29, 1.82) is 0 Å². The third-order valence-corrected chi connectivity index (χ3v) is 6.93. The SMILES string of the molecule is O=C(c1ccc2[nH]nc(C#Cc3cnccc3-c3ccccc3)c2c1)N1CC2(CCCNC2)C1. The quantitative estimate of drug-likeness (QED) is 0.458. The van der Waals surface area contributed by atoms with Crippen molar-refractivity contribution in [3.05, 3.63) is 83.8 Å². The van der Waals surface area contributed by atoms with Gasteiger partial charge in [-0.25, -0.2) is 0 Å². The number of hydrogen-bond donors (Lipinski definition) is 2. The lowest BCUT2D eigenvalue weighted by atomic mass is 9.74. The molecule has 0 radical (unpaired) electrons. The summed E-state index contributed by atoms with van der Waals surface area (Å²) in [6.45, 7) is 3.76. The Balaban J connectivity index is 1.27. The summed E-state index contributed by atoms with van der Waals surface area (Å²) in [5.74, 6) is 6.52. The van der Waals surface area contributed by atoms with Crippen LogP contribution in [0, 0.1) is 17.3 Å². The van der Waals surface area contributed by atoms with Crippen molar-refractivity contribution in [2.75, 3.05) is 26.2 Å². The fourth-order valence-corrected chi connectivity index (χ4v) is 5.12. The van der Waals surface area contributed by atoms with Crippen LogP contribution in [-0.4, -0.2) is 52.2 Å². The van der Waals surface area contributed by atoms with Crippen molar-refractivity contribution in [3.63, 3.8) is 0 Å². The summed E-state index contributed by atoms with van der Waals surface area (Å²) < 4.78 is 0. The van der Waals surface area contributed by atoms with Crippen molar-refractivity contribution in [2.24, 2.45) is 5.41 Å². The second kappa shape index (κ2) is 8.44. The summed E-state index contributed by atoms with van der Waals surface area (Å²) in [5, 5.41) is 11.8. The normalized spacial score (nSPS) is 16.6. The van der Waals surface area contributed by atoms with Gasteiger partial charge in [-0.2, -0.15) is 5.10 Å². The molecule has 168 valence electrons. The van der Waals surface area contributed by atoms with Crippen LogP contribution < -0.4 is 5.32 Å². The highest BCUT2D eigenvalue weighted by atomic mass is 16.2. The van der Waals surface area contributed by atoms with Crippen molar-refractivity contribution >= 4 is 16.8 Å². The molecule has 0 unspecified atom stereocenters. The number of nitrogens with zero attached hydrogens (tertiary/aromatic N) is 3. The van der Waals surface area contributed by atoms with Crippen molar-refractivity contribution in [1.82, 2.24) is 25.4 Å². The third-order valence-electron chi connectivity index (χ3n) is 6.93. The third kappa shape index (κ3) is 3.74. The molecule has 4 aromatic rings. The Morgan fingerprint density at radius 2 is 1.94 bits per heavy atom. The van der Waals surface area contributed by atoms with Crippen molar-refractivity contribution in [2.45, 2.75) is 12.8 Å². The maximum Gasteiger partial charge on any atom is 0.253 e. The molecule has 34 heavy (non-hydrogen) atoms. The molecule has 2 N–H and O–H groups in total. The van der Waals surface area contributed by atoms with Gasteiger partial charge in [0.05, 0.1) is 11.1 Å². The van der Waals surface area contributed by atoms with Crippen LogP contribution in [0.4, 0.5) is 0 Å². The minimum atomic E-state index is 0.0804. The molecule has 2 aliphatic rings. The van der Waals surface area contributed by atoms with Crippen LogP contribution in [-0.2, 0) is 0 Å². The van der Waals surface area contributed by atoms with E-state index >= 15 is 0 Å². The first-order chi connectivity index (χ1) is 16.7. The molecule has 2 fully saturated rings. The molecule has 2 aromatic carbocycles. The largest absolute Gasteiger partial charge is 0.337 e. The summed E-state index contributed by atoms with van der Waals surface area (Å²) in [6.07, 6.45) is 5.94. The van der Waals surface area contributed by atoms with Gasteiger partial charge in [0.15, 0.2) is 0 Å². The van der Waals surface area contributed by atoms with E-state index in [1.807, 2.05) is 47.4 Å². The summed E-state index contributed by atoms with van der Waals surface area (Å²) in [7, 11) is 0. The minimum absolute atomic E-state index is 0.0804. The molecule has 6 nitrogen and oxygen atoms in total. The van der Waals surface area contributed by atoms with Gasteiger partial charge in [-0.05, 0) is 55.1 Å². The van der Waals surface area contributed by atoms with Crippen LogP contribution in [0.1, 0.15) is 34.5 Å². The number of benzene rings is 2. The van der Waals surface area contributed by atoms with E-state index in [4.69, 9.17) is 0 Å². The van der Waals surface area contributed by atoms with Gasteiger partial charge in [0.25, 0.3) is 5.91 Å². The summed E-state index contributed by atoms with van der Waals surface area (Å²) in [5.41, 5.74) is 5.41. The number of H-pyrrole nitrogens is 1. The minimum Gasteiger partial charge on any atom is -0.337 e. The van der Waals surface area contributed by atoms with Crippen molar-refractivity contribution in [3.8, 4) is 23.0 Å². The Morgan fingerprint density at radius 1 is 1.06 bits per heavy atom. The van der Waals surface area contributed by atoms with Gasteiger partial charge in [-0.1, -0.05) is 36.3 Å². The predicted octanol–water partition coefficient (Wildman–Crippen LogP) is 3.85. The van der Waals surface area contributed by atoms with E-state index in [1.54, 1.807) is 12.4 Å². The average Bonchev–Trinajstić information content (AvgIpc) is 3.29. The molecule has 1 amide bonds. The molecule has 2 saturated heterocycles. The Labute approximate surface area is 198 Å². The molecular formula is C28H25N5O. The molecule has 0 bridgehead atoms. The average molecular weight is 448 g/mol. The highest BCUT2D eigenvalue weighted by Gasteiger charge is 2.45. The van der Waals surface area contributed by atoms with E-state index in [2.05, 4.69) is 44.5 Å². The summed E-state index contributed by atoms with van der Waals surface area (Å²) in [6, 6.07) is 17.8. The first kappa shape index (κ1) is 20.6. The van der Waals surface area contributed by atoms with Gasteiger partial charge < -0.3 is 10.2 Å². The fraction of sp³-hybridized carbons (Fsp3) is 0.250. The van der Waals surface area contributed by atoms with Crippen LogP contribution >= 0.6 is 0 Å². The van der Waals surface area contributed by atoms with E-state index in [0.29, 0.717) is 11.3 Å². The number of carbonyl (C=O) groups excluding carboxylic acids is 1. The number of rotatable bonds is 2. The number of aromatic nitrogens is 3. The van der Waals surface area contributed by atoms with Crippen LogP contribution in [0.2, 0.25) is 0 Å². The van der Waals surface area contributed by atoms with E-state index < -0.39 is 0 Å². The Morgan fingerprint density at radius 3 is 2.76 bits per heavy atom. The predicted molar refractivity (Wildman–Crippen MR) is 132 cm³/mol. The number of aromatic amines is 1. The molecule has 0 saturated carbocycles. The number of pyridine rings is 1. The standard InChI is InChI=1S/C28H25N5O/c34-27(33-18-28(19-33)12-4-13-30-17-28)21-7-9-25-24(15-21)26(32-31-25)10-8-22-16-29-14-11-23(22)20-5-2-1-3-6-20/h1-3,5-7,9,11,14-16,30H,4,12-13,17-19H2,(H,31,32). The van der Waals surface area contributed by atoms with Crippen LogP contribution in [0.15, 0.2) is 67.0 Å². The van der Waals surface area contributed by atoms with Gasteiger partial charge >= 0.3 is 0 Å². The van der Waals surface area contributed by atoms with Gasteiger partial charge in [0.2, 0.25) is 0 Å². The summed E-state index contributed by atoms with van der Waals surface area (Å²) >= 11 is 0.